The van der Waals surface area contributed by atoms with Gasteiger partial charge in [-0.3, -0.25) is 0 Å². The molecule has 0 saturated heterocycles. The van der Waals surface area contributed by atoms with E-state index in [9.17, 15) is 10.2 Å². The normalized spacial score (nSPS) is 36.9. The second-order valence-electron chi connectivity index (χ2n) is 4.77. The van der Waals surface area contributed by atoms with E-state index in [0.717, 1.165) is 6.42 Å². The monoisotopic (exact) mass is 204 g/mol. The molecule has 2 aliphatic rings. The van der Waals surface area contributed by atoms with Gasteiger partial charge in [0.1, 0.15) is 0 Å². The molecule has 0 heterocycles. The predicted octanol–water partition coefficient (Wildman–Crippen LogP) is 1.49. The maximum Gasteiger partial charge on any atom is 0.0468 e. The van der Waals surface area contributed by atoms with Crippen molar-refractivity contribution >= 4 is 0 Å². The summed E-state index contributed by atoms with van der Waals surface area (Å²) >= 11 is 0. The van der Waals surface area contributed by atoms with Crippen molar-refractivity contribution in [3.63, 3.8) is 0 Å². The minimum Gasteiger partial charge on any atom is -0.396 e. The Hall–Kier alpha value is -0.860. The molecule has 2 heteroatoms. The van der Waals surface area contributed by atoms with Crippen molar-refractivity contribution in [1.29, 1.82) is 0 Å². The molecule has 80 valence electrons. The summed E-state index contributed by atoms with van der Waals surface area (Å²) in [5.41, 5.74) is 2.82. The van der Waals surface area contributed by atoms with Crippen molar-refractivity contribution in [3.05, 3.63) is 35.4 Å². The van der Waals surface area contributed by atoms with Gasteiger partial charge in [0.25, 0.3) is 0 Å². The Bertz CT molecular complexity index is 340. The maximum absolute atomic E-state index is 9.40. The molecule has 1 aromatic carbocycles. The summed E-state index contributed by atoms with van der Waals surface area (Å²) in [5.74, 6) is 1.51. The number of hydrogen-bond donors (Lipinski definition) is 2. The van der Waals surface area contributed by atoms with Gasteiger partial charge in [-0.2, -0.15) is 0 Å². The third-order valence-electron chi connectivity index (χ3n) is 4.31. The SMILES string of the molecule is OC[C@@H]1[C@@H](CO)[C@H]2C[C@@H]1c1ccccc12. The highest BCUT2D eigenvalue weighted by Crippen LogP contribution is 2.58. The minimum atomic E-state index is 0.209. The van der Waals surface area contributed by atoms with Crippen LogP contribution in [0.4, 0.5) is 0 Å². The highest BCUT2D eigenvalue weighted by molar-refractivity contribution is 5.43. The molecule has 1 aromatic rings. The zero-order chi connectivity index (χ0) is 10.4. The van der Waals surface area contributed by atoms with Gasteiger partial charge < -0.3 is 10.2 Å². The van der Waals surface area contributed by atoms with Crippen LogP contribution in [0.3, 0.4) is 0 Å². The average molecular weight is 204 g/mol. The molecule has 0 amide bonds. The van der Waals surface area contributed by atoms with Gasteiger partial charge in [-0.15, -0.1) is 0 Å². The van der Waals surface area contributed by atoms with Gasteiger partial charge in [0.2, 0.25) is 0 Å². The van der Waals surface area contributed by atoms with Crippen LogP contribution in [0.2, 0.25) is 0 Å². The second kappa shape index (κ2) is 3.32. The Morgan fingerprint density at radius 1 is 0.933 bits per heavy atom. The van der Waals surface area contributed by atoms with Crippen molar-refractivity contribution in [1.82, 2.24) is 0 Å². The van der Waals surface area contributed by atoms with Gasteiger partial charge in [0.05, 0.1) is 0 Å². The molecule has 0 spiro atoms. The molecule has 0 unspecified atom stereocenters. The fourth-order valence-corrected chi connectivity index (χ4v) is 3.65. The van der Waals surface area contributed by atoms with Gasteiger partial charge >= 0.3 is 0 Å². The Morgan fingerprint density at radius 3 is 1.80 bits per heavy atom. The summed E-state index contributed by atoms with van der Waals surface area (Å²) in [6.45, 7) is 0.418. The molecule has 0 aromatic heterocycles. The number of benzene rings is 1. The van der Waals surface area contributed by atoms with Gasteiger partial charge in [0.15, 0.2) is 0 Å². The molecule has 1 saturated carbocycles. The summed E-state index contributed by atoms with van der Waals surface area (Å²) in [6.07, 6.45) is 1.12. The highest BCUT2D eigenvalue weighted by Gasteiger charge is 2.49. The Balaban J connectivity index is 2.05. The Morgan fingerprint density at radius 2 is 1.40 bits per heavy atom. The quantitative estimate of drug-likeness (QED) is 0.766. The van der Waals surface area contributed by atoms with Crippen LogP contribution < -0.4 is 0 Å². The van der Waals surface area contributed by atoms with Crippen molar-refractivity contribution in [2.24, 2.45) is 11.8 Å². The van der Waals surface area contributed by atoms with Gasteiger partial charge in [0, 0.05) is 13.2 Å². The molecule has 2 aliphatic carbocycles. The van der Waals surface area contributed by atoms with E-state index in [4.69, 9.17) is 0 Å². The molecule has 2 nitrogen and oxygen atoms in total. The lowest BCUT2D eigenvalue weighted by Gasteiger charge is -2.30. The van der Waals surface area contributed by atoms with Crippen LogP contribution in [-0.2, 0) is 0 Å². The van der Waals surface area contributed by atoms with Crippen LogP contribution in [0.15, 0.2) is 24.3 Å². The van der Waals surface area contributed by atoms with Crippen LogP contribution in [0.5, 0.6) is 0 Å². The molecule has 0 aliphatic heterocycles. The van der Waals surface area contributed by atoms with E-state index >= 15 is 0 Å². The molecule has 15 heavy (non-hydrogen) atoms. The number of aliphatic hydroxyl groups is 2. The van der Waals surface area contributed by atoms with E-state index in [1.54, 1.807) is 0 Å². The number of aliphatic hydroxyl groups excluding tert-OH is 2. The van der Waals surface area contributed by atoms with Gasteiger partial charge in [-0.1, -0.05) is 24.3 Å². The topological polar surface area (TPSA) is 40.5 Å². The summed E-state index contributed by atoms with van der Waals surface area (Å²) in [7, 11) is 0. The fraction of sp³-hybridized carbons (Fsp3) is 0.538. The van der Waals surface area contributed by atoms with Crippen LogP contribution in [0.1, 0.15) is 29.4 Å². The van der Waals surface area contributed by atoms with E-state index < -0.39 is 0 Å². The number of hydrogen-bond acceptors (Lipinski definition) is 2. The van der Waals surface area contributed by atoms with Crippen molar-refractivity contribution in [2.45, 2.75) is 18.3 Å². The van der Waals surface area contributed by atoms with Crippen LogP contribution >= 0.6 is 0 Å². The molecule has 0 radical (unpaired) electrons. The number of fused-ring (bicyclic) bond motifs is 5. The first-order chi connectivity index (χ1) is 7.36. The molecule has 2 N–H and O–H groups in total. The fourth-order valence-electron chi connectivity index (χ4n) is 3.65. The maximum atomic E-state index is 9.40. The van der Waals surface area contributed by atoms with Crippen molar-refractivity contribution < 1.29 is 10.2 Å². The van der Waals surface area contributed by atoms with Crippen molar-refractivity contribution in [2.75, 3.05) is 13.2 Å². The smallest absolute Gasteiger partial charge is 0.0468 e. The highest BCUT2D eigenvalue weighted by atomic mass is 16.3. The molecule has 3 rings (SSSR count). The molecule has 4 atom stereocenters. The lowest BCUT2D eigenvalue weighted by atomic mass is 9.76. The second-order valence-corrected chi connectivity index (χ2v) is 4.77. The summed E-state index contributed by atoms with van der Waals surface area (Å²) in [6, 6.07) is 8.50. The largest absolute Gasteiger partial charge is 0.396 e. The standard InChI is InChI=1S/C13H16O2/c14-6-12-10-5-11(13(12)7-15)9-4-2-1-3-8(9)10/h1-4,10-15H,5-7H2/t10-,11+,12-,13-/m0/s1. The van der Waals surface area contributed by atoms with Crippen molar-refractivity contribution in [3.8, 4) is 0 Å². The van der Waals surface area contributed by atoms with E-state index in [0.29, 0.717) is 11.8 Å². The Labute approximate surface area is 89.6 Å². The van der Waals surface area contributed by atoms with Crippen LogP contribution in [0, 0.1) is 11.8 Å². The first-order valence-corrected chi connectivity index (χ1v) is 5.67. The predicted molar refractivity (Wildman–Crippen MR) is 57.7 cm³/mol. The average Bonchev–Trinajstić information content (AvgIpc) is 2.84. The first kappa shape index (κ1) is 9.37. The van der Waals surface area contributed by atoms with E-state index in [2.05, 4.69) is 24.3 Å². The first-order valence-electron chi connectivity index (χ1n) is 5.67. The Kier molecular flexibility index (Phi) is 2.08. The third kappa shape index (κ3) is 1.12. The molecular formula is C13H16O2. The van der Waals surface area contributed by atoms with Gasteiger partial charge in [-0.05, 0) is 41.2 Å². The molecule has 2 bridgehead atoms. The molecule has 1 fully saturated rings. The zero-order valence-corrected chi connectivity index (χ0v) is 8.63. The van der Waals surface area contributed by atoms with E-state index in [-0.39, 0.29) is 25.0 Å². The van der Waals surface area contributed by atoms with Crippen LogP contribution in [0.25, 0.3) is 0 Å². The zero-order valence-electron chi connectivity index (χ0n) is 8.63. The lowest BCUT2D eigenvalue weighted by Crippen LogP contribution is -2.27. The van der Waals surface area contributed by atoms with E-state index in [1.165, 1.54) is 11.1 Å². The summed E-state index contributed by atoms with van der Waals surface area (Å²) in [4.78, 5) is 0. The minimum absolute atomic E-state index is 0.209. The number of rotatable bonds is 2. The van der Waals surface area contributed by atoms with E-state index in [1.807, 2.05) is 0 Å². The summed E-state index contributed by atoms with van der Waals surface area (Å²) < 4.78 is 0. The lowest BCUT2D eigenvalue weighted by molar-refractivity contribution is 0.120. The van der Waals surface area contributed by atoms with Crippen LogP contribution in [-0.4, -0.2) is 23.4 Å². The third-order valence-corrected chi connectivity index (χ3v) is 4.31. The van der Waals surface area contributed by atoms with Gasteiger partial charge in [-0.25, -0.2) is 0 Å². The summed E-state index contributed by atoms with van der Waals surface area (Å²) in [5, 5.41) is 18.8. The molecular weight excluding hydrogens is 188 g/mol.